The summed E-state index contributed by atoms with van der Waals surface area (Å²) in [6, 6.07) is 8.39. The summed E-state index contributed by atoms with van der Waals surface area (Å²) < 4.78 is 10.2. The molecule has 7 heteroatoms. The molecule has 2 amide bonds. The van der Waals surface area contributed by atoms with Crippen molar-refractivity contribution in [1.82, 2.24) is 4.90 Å². The summed E-state index contributed by atoms with van der Waals surface area (Å²) >= 11 is 0. The van der Waals surface area contributed by atoms with E-state index in [9.17, 15) is 14.4 Å². The van der Waals surface area contributed by atoms with Crippen LogP contribution in [-0.4, -0.2) is 42.4 Å². The second-order valence-electron chi connectivity index (χ2n) is 6.80. The number of amides is 2. The molecular weight excluding hydrogens is 360 g/mol. The molecule has 0 bridgehead atoms. The van der Waals surface area contributed by atoms with Crippen molar-refractivity contribution >= 4 is 23.5 Å². The third-order valence-corrected chi connectivity index (χ3v) is 4.81. The summed E-state index contributed by atoms with van der Waals surface area (Å²) in [6.07, 6.45) is 2.90. The van der Waals surface area contributed by atoms with Gasteiger partial charge in [-0.3, -0.25) is 14.4 Å². The lowest BCUT2D eigenvalue weighted by Crippen LogP contribution is -2.42. The quantitative estimate of drug-likeness (QED) is 0.800. The number of carbonyl (C=O) groups is 3. The first-order chi connectivity index (χ1) is 13.5. The minimum Gasteiger partial charge on any atom is -0.466 e. The van der Waals surface area contributed by atoms with Gasteiger partial charge in [-0.05, 0) is 56.5 Å². The minimum atomic E-state index is -0.377. The van der Waals surface area contributed by atoms with Gasteiger partial charge in [0.25, 0.3) is 11.8 Å². The van der Waals surface area contributed by atoms with Crippen LogP contribution in [0.5, 0.6) is 0 Å². The van der Waals surface area contributed by atoms with Crippen molar-refractivity contribution in [3.05, 3.63) is 53.5 Å². The largest absolute Gasteiger partial charge is 0.466 e. The van der Waals surface area contributed by atoms with Crippen molar-refractivity contribution in [2.45, 2.75) is 26.7 Å². The van der Waals surface area contributed by atoms with Crippen LogP contribution in [0.25, 0.3) is 0 Å². The molecule has 1 aliphatic heterocycles. The summed E-state index contributed by atoms with van der Waals surface area (Å²) in [7, 11) is 0. The summed E-state index contributed by atoms with van der Waals surface area (Å²) in [5.74, 6) is -0.887. The SMILES string of the molecule is CCOC(=O)C1CCCN(C(=O)c2ccc(C)c(NC(=O)c3ccco3)c2)C1. The Labute approximate surface area is 163 Å². The van der Waals surface area contributed by atoms with Gasteiger partial charge in [0.05, 0.1) is 18.8 Å². The topological polar surface area (TPSA) is 88.9 Å². The van der Waals surface area contributed by atoms with E-state index in [1.165, 1.54) is 6.26 Å². The Hall–Kier alpha value is -3.09. The fourth-order valence-corrected chi connectivity index (χ4v) is 3.28. The molecule has 1 saturated heterocycles. The van der Waals surface area contributed by atoms with E-state index in [1.807, 2.05) is 6.92 Å². The van der Waals surface area contributed by atoms with Crippen molar-refractivity contribution in [3.63, 3.8) is 0 Å². The number of hydrogen-bond acceptors (Lipinski definition) is 5. The van der Waals surface area contributed by atoms with Gasteiger partial charge in [-0.2, -0.15) is 0 Å². The Bertz CT molecular complexity index is 860. The smallest absolute Gasteiger partial charge is 0.310 e. The highest BCUT2D eigenvalue weighted by atomic mass is 16.5. The van der Waals surface area contributed by atoms with Crippen LogP contribution in [0.15, 0.2) is 41.0 Å². The minimum absolute atomic E-state index is 0.164. The molecule has 1 atom stereocenters. The second kappa shape index (κ2) is 8.73. The standard InChI is InChI=1S/C21H24N2O5/c1-3-27-21(26)16-6-4-10-23(13-16)20(25)15-9-8-14(2)17(12-15)22-19(24)18-7-5-11-28-18/h5,7-9,11-12,16H,3-4,6,10,13H2,1-2H3,(H,22,24). The highest BCUT2D eigenvalue weighted by Crippen LogP contribution is 2.23. The maximum atomic E-state index is 12.9. The number of nitrogens with one attached hydrogen (secondary N) is 1. The lowest BCUT2D eigenvalue weighted by molar-refractivity contribution is -0.149. The third kappa shape index (κ3) is 4.42. The van der Waals surface area contributed by atoms with Crippen molar-refractivity contribution in [2.24, 2.45) is 5.92 Å². The van der Waals surface area contributed by atoms with Gasteiger partial charge in [-0.25, -0.2) is 0 Å². The summed E-state index contributed by atoms with van der Waals surface area (Å²) in [5, 5.41) is 2.78. The Morgan fingerprint density at radius 2 is 2.11 bits per heavy atom. The molecule has 1 aromatic carbocycles. The van der Waals surface area contributed by atoms with Crippen LogP contribution < -0.4 is 5.32 Å². The van der Waals surface area contributed by atoms with Crippen molar-refractivity contribution < 1.29 is 23.5 Å². The van der Waals surface area contributed by atoms with E-state index >= 15 is 0 Å². The molecule has 0 aliphatic carbocycles. The highest BCUT2D eigenvalue weighted by molar-refractivity contribution is 6.04. The van der Waals surface area contributed by atoms with Gasteiger partial charge in [-0.15, -0.1) is 0 Å². The molecule has 1 aromatic heterocycles. The summed E-state index contributed by atoms with van der Waals surface area (Å²) in [6.45, 7) is 4.90. The van der Waals surface area contributed by atoms with Gasteiger partial charge in [0.15, 0.2) is 5.76 Å². The Balaban J connectivity index is 1.73. The molecule has 0 spiro atoms. The van der Waals surface area contributed by atoms with Gasteiger partial charge in [0.2, 0.25) is 0 Å². The zero-order valence-corrected chi connectivity index (χ0v) is 16.1. The molecule has 0 saturated carbocycles. The van der Waals surface area contributed by atoms with Crippen molar-refractivity contribution in [2.75, 3.05) is 25.0 Å². The number of rotatable bonds is 5. The normalized spacial score (nSPS) is 16.5. The molecule has 2 aromatic rings. The van der Waals surface area contributed by atoms with Gasteiger partial charge in [0, 0.05) is 24.3 Å². The molecule has 148 valence electrons. The van der Waals surface area contributed by atoms with E-state index in [1.54, 1.807) is 42.2 Å². The molecule has 3 rings (SSSR count). The van der Waals surface area contributed by atoms with Gasteiger partial charge < -0.3 is 19.4 Å². The van der Waals surface area contributed by atoms with E-state index in [0.717, 1.165) is 18.4 Å². The predicted octanol–water partition coefficient (Wildman–Crippen LogP) is 3.26. The summed E-state index contributed by atoms with van der Waals surface area (Å²) in [5.41, 5.74) is 1.84. The van der Waals surface area contributed by atoms with Crippen LogP contribution in [0, 0.1) is 12.8 Å². The fourth-order valence-electron chi connectivity index (χ4n) is 3.28. The number of carbonyl (C=O) groups excluding carboxylic acids is 3. The number of hydrogen-bond donors (Lipinski definition) is 1. The molecule has 1 unspecified atom stereocenters. The number of likely N-dealkylation sites (tertiary alicyclic amines) is 1. The van der Waals surface area contributed by atoms with E-state index < -0.39 is 0 Å². The average Bonchev–Trinajstić information content (AvgIpc) is 3.24. The second-order valence-corrected chi connectivity index (χ2v) is 6.80. The third-order valence-electron chi connectivity index (χ3n) is 4.81. The maximum absolute atomic E-state index is 12.9. The van der Waals surface area contributed by atoms with Crippen LogP contribution in [-0.2, 0) is 9.53 Å². The number of furan rings is 1. The first-order valence-electron chi connectivity index (χ1n) is 9.41. The first kappa shape index (κ1) is 19.7. The number of benzene rings is 1. The lowest BCUT2D eigenvalue weighted by atomic mass is 9.97. The van der Waals surface area contributed by atoms with Crippen molar-refractivity contribution in [3.8, 4) is 0 Å². The highest BCUT2D eigenvalue weighted by Gasteiger charge is 2.30. The molecule has 1 fully saturated rings. The maximum Gasteiger partial charge on any atom is 0.310 e. The van der Waals surface area contributed by atoms with Gasteiger partial charge in [0.1, 0.15) is 0 Å². The molecule has 1 aliphatic rings. The van der Waals surface area contributed by atoms with Crippen LogP contribution in [0.4, 0.5) is 5.69 Å². The van der Waals surface area contributed by atoms with Gasteiger partial charge in [-0.1, -0.05) is 6.07 Å². The van der Waals surface area contributed by atoms with E-state index in [-0.39, 0.29) is 29.5 Å². The molecule has 1 N–H and O–H groups in total. The summed E-state index contributed by atoms with van der Waals surface area (Å²) in [4.78, 5) is 38.9. The molecular formula is C21H24N2O5. The average molecular weight is 384 g/mol. The zero-order valence-electron chi connectivity index (χ0n) is 16.1. The molecule has 2 heterocycles. The van der Waals surface area contributed by atoms with Crippen LogP contribution in [0.2, 0.25) is 0 Å². The number of piperidine rings is 1. The molecule has 0 radical (unpaired) electrons. The van der Waals surface area contributed by atoms with Crippen LogP contribution >= 0.6 is 0 Å². The van der Waals surface area contributed by atoms with E-state index in [4.69, 9.17) is 9.15 Å². The van der Waals surface area contributed by atoms with Crippen molar-refractivity contribution in [1.29, 1.82) is 0 Å². The molecule has 7 nitrogen and oxygen atoms in total. The van der Waals surface area contributed by atoms with E-state index in [0.29, 0.717) is 30.9 Å². The lowest BCUT2D eigenvalue weighted by Gasteiger charge is -2.31. The molecule has 28 heavy (non-hydrogen) atoms. The van der Waals surface area contributed by atoms with Crippen LogP contribution in [0.3, 0.4) is 0 Å². The van der Waals surface area contributed by atoms with E-state index in [2.05, 4.69) is 5.32 Å². The Morgan fingerprint density at radius 1 is 1.29 bits per heavy atom. The number of aryl methyl sites for hydroxylation is 1. The number of ether oxygens (including phenoxy) is 1. The first-order valence-corrected chi connectivity index (χ1v) is 9.41. The fraction of sp³-hybridized carbons (Fsp3) is 0.381. The Morgan fingerprint density at radius 3 is 2.82 bits per heavy atom. The van der Waals surface area contributed by atoms with Gasteiger partial charge >= 0.3 is 5.97 Å². The Kier molecular flexibility index (Phi) is 6.13. The number of anilines is 1. The number of nitrogens with zero attached hydrogens (tertiary/aromatic N) is 1. The van der Waals surface area contributed by atoms with Crippen LogP contribution in [0.1, 0.15) is 46.2 Å². The monoisotopic (exact) mass is 384 g/mol. The zero-order chi connectivity index (χ0) is 20.1. The number of esters is 1. The predicted molar refractivity (Wildman–Crippen MR) is 103 cm³/mol.